The lowest BCUT2D eigenvalue weighted by atomic mass is 10.3. The first kappa shape index (κ1) is 10.6. The van der Waals surface area contributed by atoms with Crippen LogP contribution in [0.2, 0.25) is 0 Å². The smallest absolute Gasteiger partial charge is 0.431 e. The van der Waals surface area contributed by atoms with Gasteiger partial charge in [-0.1, -0.05) is 23.9 Å². The van der Waals surface area contributed by atoms with Crippen LogP contribution in [0.1, 0.15) is 0 Å². The molecule has 0 unspecified atom stereocenters. The van der Waals surface area contributed by atoms with Crippen LogP contribution in [0.3, 0.4) is 0 Å². The predicted molar refractivity (Wildman–Crippen MR) is 53.8 cm³/mol. The molecule has 0 radical (unpaired) electrons. The molecular weight excluding hydrogens is 243 g/mol. The van der Waals surface area contributed by atoms with Crippen LogP contribution in [-0.4, -0.2) is 19.4 Å². The van der Waals surface area contributed by atoms with Crippen LogP contribution in [-0.2, 0) is 0 Å². The zero-order chi connectivity index (χ0) is 10.9. The molecule has 2 nitrogen and oxygen atoms in total. The standard InChI is InChI=1S/C8H6F3NOSSi/c9-15(10,11)5-14-8-12-6-3-1-2-4-7(6)13-8/h1-4H,5H2. The Hall–Kier alpha value is -0.953. The number of oxazole rings is 1. The molecule has 0 fully saturated rings. The lowest BCUT2D eigenvalue weighted by Crippen LogP contribution is -2.18. The highest BCUT2D eigenvalue weighted by molar-refractivity contribution is 8.00. The summed E-state index contributed by atoms with van der Waals surface area (Å²) in [7, 11) is -5.53. The summed E-state index contributed by atoms with van der Waals surface area (Å²) in [5.41, 5.74) is 1.10. The number of aromatic nitrogens is 1. The summed E-state index contributed by atoms with van der Waals surface area (Å²) >= 11 is 0.612. The molecule has 7 heteroatoms. The molecule has 0 saturated carbocycles. The number of benzene rings is 1. The van der Waals surface area contributed by atoms with Crippen LogP contribution in [0.25, 0.3) is 11.1 Å². The van der Waals surface area contributed by atoms with Gasteiger partial charge in [-0.25, -0.2) is 17.3 Å². The maximum atomic E-state index is 12.0. The summed E-state index contributed by atoms with van der Waals surface area (Å²) in [4.78, 5) is 3.93. The second kappa shape index (κ2) is 3.90. The number of thioether (sulfide) groups is 1. The van der Waals surface area contributed by atoms with E-state index in [1.54, 1.807) is 24.3 Å². The Morgan fingerprint density at radius 3 is 2.67 bits per heavy atom. The highest BCUT2D eigenvalue weighted by Crippen LogP contribution is 2.26. The fourth-order valence-corrected chi connectivity index (χ4v) is 2.52. The average molecular weight is 249 g/mol. The van der Waals surface area contributed by atoms with Crippen molar-refractivity contribution < 1.29 is 16.7 Å². The van der Waals surface area contributed by atoms with Crippen molar-refractivity contribution in [2.45, 2.75) is 5.22 Å². The summed E-state index contributed by atoms with van der Waals surface area (Å²) in [6.07, 6.45) is 0. The molecule has 1 aromatic heterocycles. The van der Waals surface area contributed by atoms with Crippen LogP contribution >= 0.6 is 11.8 Å². The maximum absolute atomic E-state index is 12.0. The first-order valence-electron chi connectivity index (χ1n) is 4.10. The van der Waals surface area contributed by atoms with Gasteiger partial charge in [-0.2, -0.15) is 0 Å². The summed E-state index contributed by atoms with van der Waals surface area (Å²) < 4.78 is 41.3. The molecule has 15 heavy (non-hydrogen) atoms. The van der Waals surface area contributed by atoms with Crippen molar-refractivity contribution in [3.63, 3.8) is 0 Å². The number of fused-ring (bicyclic) bond motifs is 1. The second-order valence-corrected chi connectivity index (χ2v) is 5.87. The van der Waals surface area contributed by atoms with Crippen LogP contribution in [0.4, 0.5) is 12.3 Å². The van der Waals surface area contributed by atoms with Crippen molar-refractivity contribution in [3.05, 3.63) is 24.3 Å². The lowest BCUT2D eigenvalue weighted by molar-refractivity contribution is 0.477. The monoisotopic (exact) mass is 249 g/mol. The summed E-state index contributed by atoms with van der Waals surface area (Å²) in [5.74, 6) is 0. The SMILES string of the molecule is F[Si](F)(F)CSc1nc2ccccc2o1. The Morgan fingerprint density at radius 2 is 2.00 bits per heavy atom. The summed E-state index contributed by atoms with van der Waals surface area (Å²) in [6, 6.07) is 6.89. The first-order chi connectivity index (χ1) is 7.04. The zero-order valence-electron chi connectivity index (χ0n) is 7.41. The van der Waals surface area contributed by atoms with Gasteiger partial charge in [0.15, 0.2) is 5.58 Å². The van der Waals surface area contributed by atoms with E-state index in [1.165, 1.54) is 0 Å². The minimum absolute atomic E-state index is 0.0843. The molecule has 2 rings (SSSR count). The number of hydrogen-bond acceptors (Lipinski definition) is 3. The quantitative estimate of drug-likeness (QED) is 0.474. The van der Waals surface area contributed by atoms with Crippen molar-refractivity contribution in [2.24, 2.45) is 0 Å². The van der Waals surface area contributed by atoms with E-state index < -0.39 is 14.5 Å². The van der Waals surface area contributed by atoms with Gasteiger partial charge in [-0.3, -0.25) is 0 Å². The minimum Gasteiger partial charge on any atom is -0.431 e. The van der Waals surface area contributed by atoms with Crippen LogP contribution in [0, 0.1) is 0 Å². The first-order valence-corrected chi connectivity index (χ1v) is 6.92. The van der Waals surface area contributed by atoms with Crippen LogP contribution < -0.4 is 0 Å². The molecule has 0 aliphatic rings. The number of nitrogens with zero attached hydrogens (tertiary/aromatic N) is 1. The molecule has 0 bridgehead atoms. The molecule has 0 atom stereocenters. The van der Waals surface area contributed by atoms with Gasteiger partial charge in [-0.05, 0) is 12.1 Å². The minimum atomic E-state index is -5.53. The number of rotatable bonds is 3. The van der Waals surface area contributed by atoms with Gasteiger partial charge >= 0.3 is 9.08 Å². The van der Waals surface area contributed by atoms with Crippen molar-refractivity contribution >= 4 is 31.9 Å². The second-order valence-electron chi connectivity index (χ2n) is 2.85. The van der Waals surface area contributed by atoms with Crippen LogP contribution in [0.5, 0.6) is 0 Å². The third kappa shape index (κ3) is 2.75. The Balaban J connectivity index is 2.16. The van der Waals surface area contributed by atoms with Gasteiger partial charge in [0.05, 0.1) is 5.38 Å². The Labute approximate surface area is 89.0 Å². The number of hydrogen-bond donors (Lipinski definition) is 0. The van der Waals surface area contributed by atoms with E-state index in [0.29, 0.717) is 22.9 Å². The number of halogens is 3. The zero-order valence-corrected chi connectivity index (χ0v) is 9.23. The molecule has 0 N–H and O–H groups in total. The van der Waals surface area contributed by atoms with E-state index in [0.717, 1.165) is 0 Å². The van der Waals surface area contributed by atoms with Gasteiger partial charge in [0, 0.05) is 0 Å². The van der Waals surface area contributed by atoms with Gasteiger partial charge in [0.2, 0.25) is 0 Å². The van der Waals surface area contributed by atoms with Crippen molar-refractivity contribution in [1.82, 2.24) is 4.98 Å². The molecule has 2 aromatic rings. The molecule has 0 saturated heterocycles. The number of para-hydroxylation sites is 2. The van der Waals surface area contributed by atoms with Crippen molar-refractivity contribution in [3.8, 4) is 0 Å². The molecule has 0 amide bonds. The lowest BCUT2D eigenvalue weighted by Gasteiger charge is -1.97. The van der Waals surface area contributed by atoms with E-state index in [-0.39, 0.29) is 5.22 Å². The third-order valence-corrected chi connectivity index (χ3v) is 3.94. The van der Waals surface area contributed by atoms with Gasteiger partial charge in [0.25, 0.3) is 5.22 Å². The topological polar surface area (TPSA) is 26.0 Å². The molecule has 0 aliphatic heterocycles. The molecule has 80 valence electrons. The Kier molecular flexibility index (Phi) is 2.74. The largest absolute Gasteiger partial charge is 0.627 e. The highest BCUT2D eigenvalue weighted by Gasteiger charge is 2.37. The Morgan fingerprint density at radius 1 is 1.27 bits per heavy atom. The van der Waals surface area contributed by atoms with Crippen molar-refractivity contribution in [1.29, 1.82) is 0 Å². The predicted octanol–water partition coefficient (Wildman–Crippen LogP) is 3.31. The molecule has 0 aliphatic carbocycles. The average Bonchev–Trinajstić information content (AvgIpc) is 2.56. The molecule has 1 heterocycles. The normalized spacial score (nSPS) is 12.2. The van der Waals surface area contributed by atoms with E-state index in [4.69, 9.17) is 4.42 Å². The van der Waals surface area contributed by atoms with Gasteiger partial charge in [-0.15, -0.1) is 0 Å². The molecule has 1 aromatic carbocycles. The van der Waals surface area contributed by atoms with E-state index in [2.05, 4.69) is 4.98 Å². The molecular formula is C8H6F3NOSSi. The maximum Gasteiger partial charge on any atom is 0.627 e. The molecule has 0 spiro atoms. The van der Waals surface area contributed by atoms with Crippen LogP contribution in [0.15, 0.2) is 33.9 Å². The van der Waals surface area contributed by atoms with Crippen molar-refractivity contribution in [2.75, 3.05) is 5.38 Å². The highest BCUT2D eigenvalue weighted by atomic mass is 32.2. The Bertz CT molecular complexity index is 437. The summed E-state index contributed by atoms with van der Waals surface area (Å²) in [5, 5.41) is -0.763. The van der Waals surface area contributed by atoms with E-state index in [1.807, 2.05) is 0 Å². The summed E-state index contributed by atoms with van der Waals surface area (Å²) in [6.45, 7) is 0. The fraction of sp³-hybridized carbons (Fsp3) is 0.125. The van der Waals surface area contributed by atoms with Gasteiger partial charge < -0.3 is 4.42 Å². The fourth-order valence-electron chi connectivity index (χ4n) is 1.06. The van der Waals surface area contributed by atoms with Gasteiger partial charge in [0.1, 0.15) is 5.52 Å². The van der Waals surface area contributed by atoms with E-state index in [9.17, 15) is 12.3 Å². The van der Waals surface area contributed by atoms with E-state index >= 15 is 0 Å². The third-order valence-electron chi connectivity index (χ3n) is 1.63.